The van der Waals surface area contributed by atoms with Gasteiger partial charge in [0.1, 0.15) is 0 Å². The van der Waals surface area contributed by atoms with Crippen molar-refractivity contribution in [2.24, 2.45) is 0 Å². The molecule has 3 N–H and O–H groups in total. The van der Waals surface area contributed by atoms with Gasteiger partial charge in [-0.15, -0.1) is 11.3 Å². The molecule has 1 aliphatic carbocycles. The third-order valence-electron chi connectivity index (χ3n) is 5.36. The zero-order chi connectivity index (χ0) is 22.9. The summed E-state index contributed by atoms with van der Waals surface area (Å²) in [5.41, 5.74) is 2.68. The second-order valence-electron chi connectivity index (χ2n) is 8.28. The van der Waals surface area contributed by atoms with Crippen LogP contribution in [-0.4, -0.2) is 34.6 Å². The number of aliphatic hydroxyl groups is 1. The van der Waals surface area contributed by atoms with E-state index in [0.717, 1.165) is 16.7 Å². The molecule has 0 radical (unpaired) electrons. The van der Waals surface area contributed by atoms with E-state index < -0.39 is 15.4 Å². The maximum Gasteiger partial charge on any atom is 0.237 e. The molecule has 0 aliphatic heterocycles. The number of carbonyl (C=O) groups excluding carboxylic acids is 1. The maximum absolute atomic E-state index is 13.0. The van der Waals surface area contributed by atoms with Crippen LogP contribution in [0.15, 0.2) is 48.1 Å². The number of hydrogen-bond acceptors (Lipinski definition) is 7. The molecule has 1 amide bonds. The molecule has 168 valence electrons. The molecule has 3 aromatic rings. The van der Waals surface area contributed by atoms with Gasteiger partial charge in [0.05, 0.1) is 23.0 Å². The number of aromatic nitrogens is 2. The summed E-state index contributed by atoms with van der Waals surface area (Å²) in [6.45, 7) is 3.42. The van der Waals surface area contributed by atoms with Crippen molar-refractivity contribution in [3.05, 3.63) is 59.4 Å². The summed E-state index contributed by atoms with van der Waals surface area (Å²) in [4.78, 5) is 21.4. The van der Waals surface area contributed by atoms with Gasteiger partial charge in [-0.2, -0.15) is 0 Å². The Bertz CT molecular complexity index is 1230. The number of carbonyl (C=O) groups is 1. The fourth-order valence-electron chi connectivity index (χ4n) is 3.07. The van der Waals surface area contributed by atoms with Crippen LogP contribution in [0.25, 0.3) is 11.1 Å². The summed E-state index contributed by atoms with van der Waals surface area (Å²) >= 11 is 1.17. The fraction of sp³-hybridized carbons (Fsp3) is 0.318. The van der Waals surface area contributed by atoms with Crippen LogP contribution in [0, 0.1) is 0 Å². The highest BCUT2D eigenvalue weighted by molar-refractivity contribution is 7.93. The molecule has 1 fully saturated rings. The van der Waals surface area contributed by atoms with E-state index in [0.29, 0.717) is 24.2 Å². The van der Waals surface area contributed by atoms with Crippen LogP contribution < -0.4 is 10.0 Å². The Labute approximate surface area is 190 Å². The van der Waals surface area contributed by atoms with Gasteiger partial charge in [-0.3, -0.25) is 14.5 Å². The second-order valence-corrected chi connectivity index (χ2v) is 11.1. The molecule has 4 rings (SSSR count). The molecule has 0 spiro atoms. The normalized spacial score (nSPS) is 14.2. The Hall–Kier alpha value is -2.82. The lowest BCUT2D eigenvalue weighted by atomic mass is 9.89. The summed E-state index contributed by atoms with van der Waals surface area (Å²) in [5.74, 6) is -0.254. The highest BCUT2D eigenvalue weighted by Crippen LogP contribution is 2.33. The van der Waals surface area contributed by atoms with E-state index in [-0.39, 0.29) is 22.9 Å². The highest BCUT2D eigenvalue weighted by atomic mass is 32.2. The lowest BCUT2D eigenvalue weighted by molar-refractivity contribution is -0.120. The molecular weight excluding hydrogens is 448 g/mol. The molecule has 32 heavy (non-hydrogen) atoms. The van der Waals surface area contributed by atoms with Gasteiger partial charge >= 0.3 is 0 Å². The summed E-state index contributed by atoms with van der Waals surface area (Å²) in [6, 6.07) is 9.19. The SMILES string of the molecule is CC(C)(C(=O)Nc1ccc(-c2cncc(CO)c2)cc1)c1csc(NS(=O)(=O)C2CC2)n1. The van der Waals surface area contributed by atoms with E-state index in [1.807, 2.05) is 18.2 Å². The molecule has 0 saturated heterocycles. The topological polar surface area (TPSA) is 121 Å². The molecular formula is C22H24N4O4S2. The minimum atomic E-state index is -3.39. The van der Waals surface area contributed by atoms with Crippen molar-refractivity contribution in [1.29, 1.82) is 0 Å². The molecule has 0 unspecified atom stereocenters. The smallest absolute Gasteiger partial charge is 0.237 e. The van der Waals surface area contributed by atoms with Crippen LogP contribution in [0.3, 0.4) is 0 Å². The minimum Gasteiger partial charge on any atom is -0.392 e. The van der Waals surface area contributed by atoms with Crippen molar-refractivity contribution in [2.75, 3.05) is 10.0 Å². The first kappa shape index (κ1) is 22.4. The van der Waals surface area contributed by atoms with Crippen molar-refractivity contribution in [3.63, 3.8) is 0 Å². The zero-order valence-corrected chi connectivity index (χ0v) is 19.3. The second kappa shape index (κ2) is 8.61. The molecule has 1 aliphatic rings. The van der Waals surface area contributed by atoms with Gasteiger partial charge in [0.15, 0.2) is 5.13 Å². The Morgan fingerprint density at radius 2 is 1.91 bits per heavy atom. The molecule has 2 aromatic heterocycles. The lowest BCUT2D eigenvalue weighted by Crippen LogP contribution is -2.35. The quantitative estimate of drug-likeness (QED) is 0.461. The zero-order valence-electron chi connectivity index (χ0n) is 17.7. The van der Waals surface area contributed by atoms with Gasteiger partial charge in [0, 0.05) is 29.0 Å². The number of thiazole rings is 1. The predicted octanol–water partition coefficient (Wildman–Crippen LogP) is 3.52. The molecule has 1 aromatic carbocycles. The Kier molecular flexibility index (Phi) is 6.02. The number of sulfonamides is 1. The minimum absolute atomic E-state index is 0.0789. The fourth-order valence-corrected chi connectivity index (χ4v) is 5.55. The van der Waals surface area contributed by atoms with Crippen LogP contribution in [0.2, 0.25) is 0 Å². The summed E-state index contributed by atoms with van der Waals surface area (Å²) < 4.78 is 26.8. The monoisotopic (exact) mass is 472 g/mol. The molecule has 0 bridgehead atoms. The van der Waals surface area contributed by atoms with Crippen LogP contribution >= 0.6 is 11.3 Å². The van der Waals surface area contributed by atoms with Crippen molar-refractivity contribution in [3.8, 4) is 11.1 Å². The van der Waals surface area contributed by atoms with Crippen molar-refractivity contribution in [2.45, 2.75) is 44.0 Å². The number of hydrogen-bond donors (Lipinski definition) is 3. The average Bonchev–Trinajstić information content (AvgIpc) is 3.54. The third kappa shape index (κ3) is 4.82. The first-order valence-corrected chi connectivity index (χ1v) is 12.6. The number of amides is 1. The van der Waals surface area contributed by atoms with Crippen LogP contribution in [0.4, 0.5) is 10.8 Å². The van der Waals surface area contributed by atoms with E-state index in [2.05, 4.69) is 20.0 Å². The predicted molar refractivity (Wildman–Crippen MR) is 125 cm³/mol. The summed E-state index contributed by atoms with van der Waals surface area (Å²) in [5, 5.41) is 13.8. The number of nitrogens with one attached hydrogen (secondary N) is 2. The average molecular weight is 473 g/mol. The van der Waals surface area contributed by atoms with E-state index in [4.69, 9.17) is 0 Å². The number of rotatable bonds is 8. The van der Waals surface area contributed by atoms with E-state index >= 15 is 0 Å². The molecule has 10 heteroatoms. The van der Waals surface area contributed by atoms with Gasteiger partial charge in [-0.05, 0) is 56.0 Å². The highest BCUT2D eigenvalue weighted by Gasteiger charge is 2.37. The number of benzene rings is 1. The van der Waals surface area contributed by atoms with E-state index in [1.54, 1.807) is 43.8 Å². The summed E-state index contributed by atoms with van der Waals surface area (Å²) in [7, 11) is -3.39. The van der Waals surface area contributed by atoms with Crippen molar-refractivity contribution < 1.29 is 18.3 Å². The Morgan fingerprint density at radius 3 is 2.56 bits per heavy atom. The first-order valence-electron chi connectivity index (χ1n) is 10.1. The number of aliphatic hydroxyl groups excluding tert-OH is 1. The van der Waals surface area contributed by atoms with Gasteiger partial charge in [0.2, 0.25) is 15.9 Å². The summed E-state index contributed by atoms with van der Waals surface area (Å²) in [6.07, 6.45) is 4.67. The maximum atomic E-state index is 13.0. The molecule has 1 saturated carbocycles. The number of pyridine rings is 1. The molecule has 8 nitrogen and oxygen atoms in total. The first-order chi connectivity index (χ1) is 15.2. The third-order valence-corrected chi connectivity index (χ3v) is 8.07. The van der Waals surface area contributed by atoms with Crippen molar-refractivity contribution in [1.82, 2.24) is 9.97 Å². The van der Waals surface area contributed by atoms with Crippen LogP contribution in [-0.2, 0) is 26.8 Å². The molecule has 0 atom stereocenters. The van der Waals surface area contributed by atoms with Gasteiger partial charge in [0.25, 0.3) is 0 Å². The standard InChI is InChI=1S/C22H24N4O4S2/c1-22(2,19-13-31-21(25-19)26-32(29,30)18-7-8-18)20(28)24-17-5-3-15(4-6-17)16-9-14(12-27)10-23-11-16/h3-6,9-11,13,18,27H,7-8,12H2,1-2H3,(H,24,28)(H,25,26). The Morgan fingerprint density at radius 1 is 1.19 bits per heavy atom. The van der Waals surface area contributed by atoms with Crippen LogP contribution in [0.5, 0.6) is 0 Å². The number of nitrogens with zero attached hydrogens (tertiary/aromatic N) is 2. The number of anilines is 2. The largest absolute Gasteiger partial charge is 0.392 e. The van der Waals surface area contributed by atoms with Crippen molar-refractivity contribution >= 4 is 38.1 Å². The van der Waals surface area contributed by atoms with Crippen LogP contribution in [0.1, 0.15) is 37.9 Å². The Balaban J connectivity index is 1.44. The van der Waals surface area contributed by atoms with E-state index in [1.165, 1.54) is 11.3 Å². The van der Waals surface area contributed by atoms with Gasteiger partial charge in [-0.25, -0.2) is 13.4 Å². The van der Waals surface area contributed by atoms with Gasteiger partial charge < -0.3 is 10.4 Å². The molecule has 2 heterocycles. The lowest BCUT2D eigenvalue weighted by Gasteiger charge is -2.21. The van der Waals surface area contributed by atoms with Gasteiger partial charge in [-0.1, -0.05) is 12.1 Å². The van der Waals surface area contributed by atoms with E-state index in [9.17, 15) is 18.3 Å².